The third kappa shape index (κ3) is 1.84. The Kier molecular flexibility index (Phi) is 2.53. The second-order valence-electron chi connectivity index (χ2n) is 2.97. The minimum absolute atomic E-state index is 0.117. The molecule has 0 atom stereocenters. The molecule has 0 spiro atoms. The van der Waals surface area contributed by atoms with Crippen molar-refractivity contribution in [3.05, 3.63) is 40.2 Å². The average Bonchev–Trinajstić information content (AvgIpc) is 2.61. The molecule has 0 saturated carbocycles. The molecule has 2 aromatic rings. The van der Waals surface area contributed by atoms with Gasteiger partial charge in [-0.15, -0.1) is 0 Å². The van der Waals surface area contributed by atoms with E-state index in [2.05, 4.69) is 4.98 Å². The highest BCUT2D eigenvalue weighted by Crippen LogP contribution is 2.35. The SMILES string of the molecule is Nc1nc(-c2ccc(F)cc2)c([N+](=O)[O-])s1. The Hall–Kier alpha value is -2.02. The van der Waals surface area contributed by atoms with Crippen LogP contribution in [0.3, 0.4) is 0 Å². The van der Waals surface area contributed by atoms with Gasteiger partial charge < -0.3 is 5.73 Å². The van der Waals surface area contributed by atoms with Crippen LogP contribution < -0.4 is 5.73 Å². The van der Waals surface area contributed by atoms with Gasteiger partial charge in [-0.25, -0.2) is 9.37 Å². The molecule has 1 aromatic heterocycles. The molecule has 1 aromatic carbocycles. The maximum absolute atomic E-state index is 12.7. The lowest BCUT2D eigenvalue weighted by atomic mass is 10.1. The van der Waals surface area contributed by atoms with Gasteiger partial charge in [0, 0.05) is 5.56 Å². The van der Waals surface area contributed by atoms with Crippen molar-refractivity contribution < 1.29 is 9.31 Å². The maximum atomic E-state index is 12.7. The number of aromatic nitrogens is 1. The summed E-state index contributed by atoms with van der Waals surface area (Å²) in [5, 5.41) is 10.7. The molecule has 0 aliphatic rings. The molecule has 2 rings (SSSR count). The summed E-state index contributed by atoms with van der Waals surface area (Å²) in [7, 11) is 0. The van der Waals surface area contributed by atoms with Crippen molar-refractivity contribution in [3.8, 4) is 11.3 Å². The summed E-state index contributed by atoms with van der Waals surface area (Å²) >= 11 is 0.795. The first-order valence-electron chi connectivity index (χ1n) is 4.24. The normalized spacial score (nSPS) is 10.3. The molecule has 0 unspecified atom stereocenters. The van der Waals surface area contributed by atoms with Gasteiger partial charge in [-0.05, 0) is 35.6 Å². The van der Waals surface area contributed by atoms with Crippen LogP contribution in [0.4, 0.5) is 14.5 Å². The van der Waals surface area contributed by atoms with Crippen molar-refractivity contribution in [2.75, 3.05) is 5.73 Å². The van der Waals surface area contributed by atoms with Crippen LogP contribution in [0.2, 0.25) is 0 Å². The summed E-state index contributed by atoms with van der Waals surface area (Å²) in [4.78, 5) is 14.0. The molecule has 16 heavy (non-hydrogen) atoms. The quantitative estimate of drug-likeness (QED) is 0.644. The molecule has 0 saturated heterocycles. The van der Waals surface area contributed by atoms with E-state index in [0.29, 0.717) is 5.56 Å². The lowest BCUT2D eigenvalue weighted by molar-refractivity contribution is -0.379. The van der Waals surface area contributed by atoms with Crippen molar-refractivity contribution in [1.82, 2.24) is 4.98 Å². The van der Waals surface area contributed by atoms with Gasteiger partial charge in [0.15, 0.2) is 10.8 Å². The molecule has 0 aliphatic heterocycles. The van der Waals surface area contributed by atoms with E-state index in [0.717, 1.165) is 11.3 Å². The summed E-state index contributed by atoms with van der Waals surface area (Å²) in [6.45, 7) is 0. The molecular weight excluding hydrogens is 233 g/mol. The number of rotatable bonds is 2. The number of nitrogen functional groups attached to an aromatic ring is 1. The molecule has 0 fully saturated rings. The van der Waals surface area contributed by atoms with Crippen LogP contribution in [0.15, 0.2) is 24.3 Å². The van der Waals surface area contributed by atoms with E-state index in [1.54, 1.807) is 0 Å². The number of thiazole rings is 1. The summed E-state index contributed by atoms with van der Waals surface area (Å²) in [5.41, 5.74) is 6.06. The van der Waals surface area contributed by atoms with Crippen LogP contribution in [0.25, 0.3) is 11.3 Å². The fourth-order valence-electron chi connectivity index (χ4n) is 1.25. The summed E-state index contributed by atoms with van der Waals surface area (Å²) in [5.74, 6) is -0.408. The molecule has 1 heterocycles. The van der Waals surface area contributed by atoms with Gasteiger partial charge in [0.2, 0.25) is 0 Å². The smallest absolute Gasteiger partial charge is 0.353 e. The van der Waals surface area contributed by atoms with Crippen molar-refractivity contribution in [2.24, 2.45) is 0 Å². The minimum atomic E-state index is -0.549. The Balaban J connectivity index is 2.55. The summed E-state index contributed by atoms with van der Waals surface area (Å²) in [6, 6.07) is 5.29. The number of anilines is 1. The Morgan fingerprint density at radius 1 is 1.38 bits per heavy atom. The highest BCUT2D eigenvalue weighted by molar-refractivity contribution is 7.19. The first kappa shape index (κ1) is 10.5. The zero-order chi connectivity index (χ0) is 11.7. The predicted octanol–water partition coefficient (Wildman–Crippen LogP) is 2.44. The van der Waals surface area contributed by atoms with E-state index in [-0.39, 0.29) is 15.8 Å². The van der Waals surface area contributed by atoms with Gasteiger partial charge in [-0.2, -0.15) is 0 Å². The Labute approximate surface area is 93.5 Å². The number of halogens is 1. The first-order valence-corrected chi connectivity index (χ1v) is 5.06. The number of hydrogen-bond acceptors (Lipinski definition) is 5. The molecular formula is C9H6FN3O2S. The molecule has 0 amide bonds. The van der Waals surface area contributed by atoms with Crippen LogP contribution in [0, 0.1) is 15.9 Å². The van der Waals surface area contributed by atoms with E-state index in [1.807, 2.05) is 0 Å². The average molecular weight is 239 g/mol. The number of nitro groups is 1. The van der Waals surface area contributed by atoms with Crippen LogP contribution in [-0.4, -0.2) is 9.91 Å². The molecule has 82 valence electrons. The predicted molar refractivity (Wildman–Crippen MR) is 58.6 cm³/mol. The van der Waals surface area contributed by atoms with Gasteiger partial charge in [0.25, 0.3) is 0 Å². The fourth-order valence-corrected chi connectivity index (χ4v) is 1.92. The Morgan fingerprint density at radius 3 is 2.56 bits per heavy atom. The van der Waals surface area contributed by atoms with Crippen molar-refractivity contribution in [2.45, 2.75) is 0 Å². The van der Waals surface area contributed by atoms with E-state index in [1.165, 1.54) is 24.3 Å². The Bertz CT molecular complexity index is 538. The van der Waals surface area contributed by atoms with Crippen LogP contribution in [0.5, 0.6) is 0 Å². The van der Waals surface area contributed by atoms with Crippen molar-refractivity contribution in [1.29, 1.82) is 0 Å². The van der Waals surface area contributed by atoms with E-state index in [4.69, 9.17) is 5.73 Å². The minimum Gasteiger partial charge on any atom is -0.375 e. The van der Waals surface area contributed by atoms with E-state index < -0.39 is 10.7 Å². The second-order valence-corrected chi connectivity index (χ2v) is 3.98. The largest absolute Gasteiger partial charge is 0.375 e. The molecule has 0 bridgehead atoms. The van der Waals surface area contributed by atoms with Crippen LogP contribution in [-0.2, 0) is 0 Å². The maximum Gasteiger partial charge on any atom is 0.353 e. The van der Waals surface area contributed by atoms with Gasteiger partial charge >= 0.3 is 5.00 Å². The van der Waals surface area contributed by atoms with Gasteiger partial charge in [-0.1, -0.05) is 0 Å². The molecule has 0 radical (unpaired) electrons. The van der Waals surface area contributed by atoms with Gasteiger partial charge in [0.05, 0.1) is 4.92 Å². The van der Waals surface area contributed by atoms with E-state index in [9.17, 15) is 14.5 Å². The fraction of sp³-hybridized carbons (Fsp3) is 0. The highest BCUT2D eigenvalue weighted by Gasteiger charge is 2.21. The third-order valence-electron chi connectivity index (χ3n) is 1.91. The number of nitrogens with two attached hydrogens (primary N) is 1. The molecule has 5 nitrogen and oxygen atoms in total. The Morgan fingerprint density at radius 2 is 2.00 bits per heavy atom. The van der Waals surface area contributed by atoms with Gasteiger partial charge in [-0.3, -0.25) is 10.1 Å². The molecule has 2 N–H and O–H groups in total. The summed E-state index contributed by atoms with van der Waals surface area (Å²) in [6.07, 6.45) is 0. The topological polar surface area (TPSA) is 82.0 Å². The third-order valence-corrected chi connectivity index (χ3v) is 2.75. The standard InChI is InChI=1S/C9H6FN3O2S/c10-6-3-1-5(2-4-6)7-8(13(14)15)16-9(11)12-7/h1-4H,(H2,11,12). The van der Waals surface area contributed by atoms with Crippen molar-refractivity contribution >= 4 is 21.5 Å². The first-order chi connectivity index (χ1) is 7.58. The lowest BCUT2D eigenvalue weighted by Crippen LogP contribution is -1.88. The zero-order valence-corrected chi connectivity index (χ0v) is 8.70. The monoisotopic (exact) mass is 239 g/mol. The van der Waals surface area contributed by atoms with Crippen molar-refractivity contribution in [3.63, 3.8) is 0 Å². The van der Waals surface area contributed by atoms with Gasteiger partial charge in [0.1, 0.15) is 5.82 Å². The number of hydrogen-bond donors (Lipinski definition) is 1. The number of nitrogens with zero attached hydrogens (tertiary/aromatic N) is 2. The molecule has 0 aliphatic carbocycles. The highest BCUT2D eigenvalue weighted by atomic mass is 32.1. The van der Waals surface area contributed by atoms with Crippen LogP contribution >= 0.6 is 11.3 Å². The summed E-state index contributed by atoms with van der Waals surface area (Å²) < 4.78 is 12.7. The zero-order valence-electron chi connectivity index (χ0n) is 7.88. The van der Waals surface area contributed by atoms with E-state index >= 15 is 0 Å². The lowest BCUT2D eigenvalue weighted by Gasteiger charge is -1.95. The molecule has 7 heteroatoms. The number of benzene rings is 1. The van der Waals surface area contributed by atoms with Crippen LogP contribution in [0.1, 0.15) is 0 Å². The second kappa shape index (κ2) is 3.86.